The third-order valence-corrected chi connectivity index (χ3v) is 6.31. The van der Waals surface area contributed by atoms with Gasteiger partial charge in [0.2, 0.25) is 11.8 Å². The highest BCUT2D eigenvalue weighted by Gasteiger charge is 2.33. The molecule has 0 bridgehead atoms. The highest BCUT2D eigenvalue weighted by atomic mass is 16.2. The number of nitrogens with one attached hydrogen (secondary N) is 1. The van der Waals surface area contributed by atoms with E-state index in [2.05, 4.69) is 5.32 Å². The van der Waals surface area contributed by atoms with Crippen molar-refractivity contribution in [2.24, 2.45) is 17.2 Å². The van der Waals surface area contributed by atoms with E-state index in [1.165, 1.54) is 0 Å². The number of nitrogens with two attached hydrogens (primary N) is 3. The van der Waals surface area contributed by atoms with Gasteiger partial charge in [0.05, 0.1) is 5.92 Å². The van der Waals surface area contributed by atoms with Crippen LogP contribution in [0.4, 0.5) is 4.79 Å². The summed E-state index contributed by atoms with van der Waals surface area (Å²) < 4.78 is 0. The van der Waals surface area contributed by atoms with Gasteiger partial charge in [-0.05, 0) is 48.1 Å². The third kappa shape index (κ3) is 7.91. The summed E-state index contributed by atoms with van der Waals surface area (Å²) in [7, 11) is 0. The van der Waals surface area contributed by atoms with E-state index in [9.17, 15) is 14.4 Å². The predicted octanol–water partition coefficient (Wildman–Crippen LogP) is 2.65. The molecule has 4 amide bonds. The van der Waals surface area contributed by atoms with Crippen molar-refractivity contribution in [2.45, 2.75) is 37.8 Å². The average molecular weight is 502 g/mol. The Labute approximate surface area is 217 Å². The lowest BCUT2D eigenvalue weighted by Crippen LogP contribution is -2.50. The Kier molecular flexibility index (Phi) is 10.2. The molecule has 194 valence electrons. The summed E-state index contributed by atoms with van der Waals surface area (Å²) in [5, 5.41) is 2.56. The van der Waals surface area contributed by atoms with Gasteiger partial charge in [0.1, 0.15) is 6.04 Å². The van der Waals surface area contributed by atoms with Gasteiger partial charge < -0.3 is 27.4 Å². The van der Waals surface area contributed by atoms with Gasteiger partial charge in [0, 0.05) is 13.1 Å². The molecule has 8 nitrogen and oxygen atoms in total. The van der Waals surface area contributed by atoms with Crippen LogP contribution >= 0.6 is 0 Å². The van der Waals surface area contributed by atoms with E-state index in [-0.39, 0.29) is 5.91 Å². The molecule has 0 saturated carbocycles. The zero-order chi connectivity index (χ0) is 26.6. The fourth-order valence-corrected chi connectivity index (χ4v) is 4.38. The number of benzene rings is 3. The van der Waals surface area contributed by atoms with Crippen LogP contribution in [0.3, 0.4) is 0 Å². The standard InChI is InChI=1S/C29H35N5O3/c30-18-7-12-25(27(31)35)34(19-17-21-13-15-22(16-14-21)20-33-29(32)37)28(36)26(23-8-3-1-4-9-23)24-10-5-2-6-11-24/h1-6,8-11,13-16,25-26H,7,12,17-20,30H2,(H2,31,35)(H3,32,33,37)/t25-/m1/s1. The number of urea groups is 1. The molecule has 7 N–H and O–H groups in total. The van der Waals surface area contributed by atoms with Gasteiger partial charge in [-0.3, -0.25) is 9.59 Å². The maximum absolute atomic E-state index is 14.2. The normalized spacial score (nSPS) is 11.6. The number of amides is 4. The smallest absolute Gasteiger partial charge is 0.312 e. The molecule has 0 radical (unpaired) electrons. The quantitative estimate of drug-likeness (QED) is 0.285. The third-order valence-electron chi connectivity index (χ3n) is 6.31. The summed E-state index contributed by atoms with van der Waals surface area (Å²) in [6.45, 7) is 1.04. The molecule has 37 heavy (non-hydrogen) atoms. The van der Waals surface area contributed by atoms with Crippen LogP contribution in [-0.2, 0) is 22.6 Å². The van der Waals surface area contributed by atoms with Crippen LogP contribution in [0, 0.1) is 0 Å². The molecule has 3 aromatic rings. The maximum Gasteiger partial charge on any atom is 0.312 e. The monoisotopic (exact) mass is 501 g/mol. The average Bonchev–Trinajstić information content (AvgIpc) is 2.91. The molecule has 8 heteroatoms. The number of hydrogen-bond acceptors (Lipinski definition) is 4. The summed E-state index contributed by atoms with van der Waals surface area (Å²) in [5.41, 5.74) is 20.3. The Bertz CT molecular complexity index is 1110. The van der Waals surface area contributed by atoms with Crippen LogP contribution < -0.4 is 22.5 Å². The highest BCUT2D eigenvalue weighted by molar-refractivity contribution is 5.92. The molecular formula is C29H35N5O3. The molecule has 0 spiro atoms. The molecule has 1 atom stereocenters. The molecule has 0 aliphatic carbocycles. The van der Waals surface area contributed by atoms with E-state index in [1.807, 2.05) is 84.9 Å². The Morgan fingerprint density at radius 1 is 0.784 bits per heavy atom. The molecule has 0 aromatic heterocycles. The van der Waals surface area contributed by atoms with E-state index >= 15 is 0 Å². The van der Waals surface area contributed by atoms with Gasteiger partial charge in [0.15, 0.2) is 0 Å². The zero-order valence-electron chi connectivity index (χ0n) is 20.9. The SMILES string of the molecule is NCCC[C@H](C(N)=O)N(CCc1ccc(CNC(N)=O)cc1)C(=O)C(c1ccccc1)c1ccccc1. The van der Waals surface area contributed by atoms with Gasteiger partial charge in [-0.2, -0.15) is 0 Å². The van der Waals surface area contributed by atoms with Crippen molar-refractivity contribution in [3.63, 3.8) is 0 Å². The molecule has 0 aliphatic heterocycles. The largest absolute Gasteiger partial charge is 0.368 e. The van der Waals surface area contributed by atoms with Crippen LogP contribution in [0.5, 0.6) is 0 Å². The summed E-state index contributed by atoms with van der Waals surface area (Å²) in [6.07, 6.45) is 1.49. The lowest BCUT2D eigenvalue weighted by atomic mass is 9.89. The van der Waals surface area contributed by atoms with E-state index < -0.39 is 23.9 Å². The summed E-state index contributed by atoms with van der Waals surface area (Å²) in [5.74, 6) is -1.31. The number of hydrogen-bond donors (Lipinski definition) is 4. The van der Waals surface area contributed by atoms with Crippen LogP contribution in [0.2, 0.25) is 0 Å². The first kappa shape index (κ1) is 27.4. The predicted molar refractivity (Wildman–Crippen MR) is 144 cm³/mol. The van der Waals surface area contributed by atoms with Gasteiger partial charge in [0.25, 0.3) is 0 Å². The second kappa shape index (κ2) is 13.8. The van der Waals surface area contributed by atoms with Gasteiger partial charge in [-0.1, -0.05) is 84.9 Å². The number of carbonyl (C=O) groups excluding carboxylic acids is 3. The van der Waals surface area contributed by atoms with Crippen molar-refractivity contribution < 1.29 is 14.4 Å². The van der Waals surface area contributed by atoms with Gasteiger partial charge >= 0.3 is 6.03 Å². The summed E-state index contributed by atoms with van der Waals surface area (Å²) >= 11 is 0. The van der Waals surface area contributed by atoms with Crippen LogP contribution in [-0.4, -0.2) is 41.9 Å². The molecule has 3 rings (SSSR count). The molecule has 0 unspecified atom stereocenters. The van der Waals surface area contributed by atoms with E-state index in [0.29, 0.717) is 38.9 Å². The lowest BCUT2D eigenvalue weighted by molar-refractivity contribution is -0.140. The minimum absolute atomic E-state index is 0.180. The minimum Gasteiger partial charge on any atom is -0.368 e. The molecule has 0 aliphatic rings. The van der Waals surface area contributed by atoms with Gasteiger partial charge in [-0.25, -0.2) is 4.79 Å². The summed E-state index contributed by atoms with van der Waals surface area (Å²) in [4.78, 5) is 39.4. The number of rotatable bonds is 13. The van der Waals surface area contributed by atoms with Gasteiger partial charge in [-0.15, -0.1) is 0 Å². The van der Waals surface area contributed by atoms with Crippen molar-refractivity contribution in [2.75, 3.05) is 13.1 Å². The highest BCUT2D eigenvalue weighted by Crippen LogP contribution is 2.28. The van der Waals surface area contributed by atoms with E-state index in [1.54, 1.807) is 4.90 Å². The zero-order valence-corrected chi connectivity index (χ0v) is 20.9. The second-order valence-electron chi connectivity index (χ2n) is 8.92. The Morgan fingerprint density at radius 2 is 1.32 bits per heavy atom. The lowest BCUT2D eigenvalue weighted by Gasteiger charge is -2.33. The maximum atomic E-state index is 14.2. The molecule has 0 saturated heterocycles. The number of nitrogens with zero attached hydrogens (tertiary/aromatic N) is 1. The summed E-state index contributed by atoms with van der Waals surface area (Å²) in [6, 6.07) is 25.4. The molecule has 0 fully saturated rings. The number of carbonyl (C=O) groups is 3. The van der Waals surface area contributed by atoms with E-state index in [4.69, 9.17) is 17.2 Å². The molecular weight excluding hydrogens is 466 g/mol. The minimum atomic E-state index is -0.773. The first-order valence-electron chi connectivity index (χ1n) is 12.4. The Balaban J connectivity index is 1.90. The fraction of sp³-hybridized carbons (Fsp3) is 0.276. The fourth-order valence-electron chi connectivity index (χ4n) is 4.38. The first-order valence-corrected chi connectivity index (χ1v) is 12.4. The molecule has 0 heterocycles. The van der Waals surface area contributed by atoms with Crippen LogP contribution in [0.15, 0.2) is 84.9 Å². The Hall–Kier alpha value is -4.17. The van der Waals surface area contributed by atoms with Crippen LogP contribution in [0.1, 0.15) is 41.0 Å². The topological polar surface area (TPSA) is 145 Å². The van der Waals surface area contributed by atoms with Crippen LogP contribution in [0.25, 0.3) is 0 Å². The molecule has 3 aromatic carbocycles. The second-order valence-corrected chi connectivity index (χ2v) is 8.92. The van der Waals surface area contributed by atoms with Crippen molar-refractivity contribution in [3.8, 4) is 0 Å². The first-order chi connectivity index (χ1) is 17.9. The van der Waals surface area contributed by atoms with Crippen molar-refractivity contribution >= 4 is 17.8 Å². The van der Waals surface area contributed by atoms with Crippen molar-refractivity contribution in [1.29, 1.82) is 0 Å². The number of primary amides is 2. The van der Waals surface area contributed by atoms with Crippen molar-refractivity contribution in [1.82, 2.24) is 10.2 Å². The Morgan fingerprint density at radius 3 is 1.81 bits per heavy atom. The van der Waals surface area contributed by atoms with E-state index in [0.717, 1.165) is 22.3 Å². The van der Waals surface area contributed by atoms with Crippen molar-refractivity contribution in [3.05, 3.63) is 107 Å².